The second-order valence-corrected chi connectivity index (χ2v) is 10.9. The van der Waals surface area contributed by atoms with Crippen LogP contribution in [-0.2, 0) is 26.2 Å². The van der Waals surface area contributed by atoms with E-state index in [2.05, 4.69) is 19.5 Å². The number of imidazole rings is 1. The lowest BCUT2D eigenvalue weighted by Crippen LogP contribution is -2.38. The van der Waals surface area contributed by atoms with Crippen LogP contribution in [0.1, 0.15) is 52.9 Å². The molecule has 45 heavy (non-hydrogen) atoms. The summed E-state index contributed by atoms with van der Waals surface area (Å²) >= 11 is 0. The summed E-state index contributed by atoms with van der Waals surface area (Å²) in [6.07, 6.45) is 3.35. The Balaban J connectivity index is 1.09. The smallest absolute Gasteiger partial charge is 0.335 e. The molecule has 0 atom stereocenters. The van der Waals surface area contributed by atoms with Crippen molar-refractivity contribution in [1.82, 2.24) is 29.2 Å². The molecule has 5 aromatic rings. The molecule has 0 radical (unpaired) electrons. The lowest BCUT2D eigenvalue weighted by Gasteiger charge is -2.31. The van der Waals surface area contributed by atoms with Crippen LogP contribution in [-0.4, -0.2) is 59.5 Å². The number of nitriles is 1. The number of carbonyl (C=O) groups is 1. The number of aromatic nitrogens is 5. The number of carboxylic acid groups (broad SMARTS) is 1. The Morgan fingerprint density at radius 3 is 2.69 bits per heavy atom. The molecule has 3 aromatic heterocycles. The molecule has 1 aliphatic rings. The van der Waals surface area contributed by atoms with Gasteiger partial charge in [0.1, 0.15) is 18.5 Å². The quantitative estimate of drug-likeness (QED) is 0.219. The van der Waals surface area contributed by atoms with Crippen LogP contribution >= 0.6 is 0 Å². The van der Waals surface area contributed by atoms with E-state index in [1.165, 1.54) is 12.1 Å². The van der Waals surface area contributed by atoms with Gasteiger partial charge < -0.3 is 19.1 Å². The van der Waals surface area contributed by atoms with Crippen LogP contribution in [0, 0.1) is 17.1 Å². The van der Waals surface area contributed by atoms with Gasteiger partial charge in [-0.2, -0.15) is 10.4 Å². The Morgan fingerprint density at radius 1 is 1.09 bits per heavy atom. The molecule has 2 aromatic carbocycles. The number of nitrogens with zero attached hydrogens (tertiary/aromatic N) is 7. The molecule has 0 bridgehead atoms. The number of ether oxygens (including phenoxy) is 2. The molecular weight excluding hydrogens is 577 g/mol. The number of hydrogen-bond donors (Lipinski definition) is 1. The molecule has 1 saturated heterocycles. The van der Waals surface area contributed by atoms with Crippen LogP contribution in [0.15, 0.2) is 66.9 Å². The van der Waals surface area contributed by atoms with Gasteiger partial charge in [0.25, 0.3) is 0 Å². The standard InChI is InChI=1S/C33H32FN7O4/c1-2-41-25(10-13-36-41)19-40-29-17-23(33(42)43)7-8-28(29)38-31(40)20-39-14-11-26(12-15-39)45-32-5-3-4-24(37-32)21-44-30-9-6-22(18-35)16-27(30)34/h3-10,13,16-17,26H,2,11-12,14-15,19-21H2,1H3,(H,42,43). The summed E-state index contributed by atoms with van der Waals surface area (Å²) in [5.41, 5.74) is 3.61. The number of pyridine rings is 1. The molecule has 6 rings (SSSR count). The maximum absolute atomic E-state index is 14.2. The second kappa shape index (κ2) is 13.2. The highest BCUT2D eigenvalue weighted by Crippen LogP contribution is 2.24. The van der Waals surface area contributed by atoms with Crippen molar-refractivity contribution in [3.63, 3.8) is 0 Å². The number of piperidine rings is 1. The molecule has 230 valence electrons. The Morgan fingerprint density at radius 2 is 1.93 bits per heavy atom. The number of rotatable bonds is 11. The summed E-state index contributed by atoms with van der Waals surface area (Å²) in [5, 5.41) is 22.9. The maximum atomic E-state index is 14.2. The average Bonchev–Trinajstić information content (AvgIpc) is 3.65. The van der Waals surface area contributed by atoms with Gasteiger partial charge in [0, 0.05) is 31.9 Å². The van der Waals surface area contributed by atoms with Crippen molar-refractivity contribution < 1.29 is 23.8 Å². The van der Waals surface area contributed by atoms with Crippen LogP contribution in [0.4, 0.5) is 4.39 Å². The van der Waals surface area contributed by atoms with E-state index in [1.807, 2.05) is 29.8 Å². The fourth-order valence-corrected chi connectivity index (χ4v) is 5.54. The monoisotopic (exact) mass is 609 g/mol. The van der Waals surface area contributed by atoms with Gasteiger partial charge in [0.2, 0.25) is 5.88 Å². The predicted octanol–water partition coefficient (Wildman–Crippen LogP) is 5.03. The number of halogens is 1. The van der Waals surface area contributed by atoms with Crippen molar-refractivity contribution in [2.24, 2.45) is 0 Å². The van der Waals surface area contributed by atoms with Gasteiger partial charge in [0.15, 0.2) is 11.6 Å². The molecule has 1 fully saturated rings. The van der Waals surface area contributed by atoms with E-state index in [0.717, 1.165) is 61.1 Å². The summed E-state index contributed by atoms with van der Waals surface area (Å²) < 4.78 is 30.0. The number of fused-ring (bicyclic) bond motifs is 1. The molecule has 11 nitrogen and oxygen atoms in total. The van der Waals surface area contributed by atoms with Crippen molar-refractivity contribution in [3.8, 4) is 17.7 Å². The number of likely N-dealkylation sites (tertiary alicyclic amines) is 1. The Bertz CT molecular complexity index is 1870. The third-order valence-electron chi connectivity index (χ3n) is 7.90. The summed E-state index contributed by atoms with van der Waals surface area (Å²) in [6.45, 7) is 5.57. The summed E-state index contributed by atoms with van der Waals surface area (Å²) in [5.74, 6) is -0.162. The fraction of sp³-hybridized carbons (Fsp3) is 0.303. The number of benzene rings is 2. The molecule has 0 amide bonds. The molecule has 0 aliphatic carbocycles. The molecule has 4 heterocycles. The number of hydrogen-bond acceptors (Lipinski definition) is 8. The highest BCUT2D eigenvalue weighted by Gasteiger charge is 2.24. The first kappa shape index (κ1) is 29.8. The number of carboxylic acids is 1. The van der Waals surface area contributed by atoms with E-state index in [0.29, 0.717) is 24.7 Å². The lowest BCUT2D eigenvalue weighted by atomic mass is 10.1. The molecule has 0 unspecified atom stereocenters. The van der Waals surface area contributed by atoms with E-state index < -0.39 is 11.8 Å². The average molecular weight is 610 g/mol. The second-order valence-electron chi connectivity index (χ2n) is 10.9. The topological polar surface area (TPSA) is 131 Å². The van der Waals surface area contributed by atoms with Crippen LogP contribution < -0.4 is 9.47 Å². The SMILES string of the molecule is CCn1nccc1Cn1c(CN2CCC(Oc3cccc(COc4ccc(C#N)cc4F)n3)CC2)nc2ccc(C(=O)O)cc21. The van der Waals surface area contributed by atoms with E-state index in [-0.39, 0.29) is 29.6 Å². The van der Waals surface area contributed by atoms with Gasteiger partial charge in [-0.3, -0.25) is 9.58 Å². The number of aryl methyl sites for hydroxylation is 1. The van der Waals surface area contributed by atoms with Crippen molar-refractivity contribution in [2.75, 3.05) is 13.1 Å². The van der Waals surface area contributed by atoms with Crippen molar-refractivity contribution in [3.05, 3.63) is 101 Å². The van der Waals surface area contributed by atoms with Crippen molar-refractivity contribution in [2.45, 2.75) is 52.1 Å². The summed E-state index contributed by atoms with van der Waals surface area (Å²) in [7, 11) is 0. The van der Waals surface area contributed by atoms with Crippen LogP contribution in [0.25, 0.3) is 11.0 Å². The van der Waals surface area contributed by atoms with Gasteiger partial charge >= 0.3 is 5.97 Å². The van der Waals surface area contributed by atoms with Crippen molar-refractivity contribution in [1.29, 1.82) is 5.26 Å². The number of aromatic carboxylic acids is 1. The van der Waals surface area contributed by atoms with E-state index in [4.69, 9.17) is 19.7 Å². The van der Waals surface area contributed by atoms with Crippen molar-refractivity contribution >= 4 is 17.0 Å². The van der Waals surface area contributed by atoms with Crippen LogP contribution in [0.2, 0.25) is 0 Å². The van der Waals surface area contributed by atoms with Gasteiger partial charge in [0.05, 0.1) is 52.7 Å². The third kappa shape index (κ3) is 6.78. The minimum absolute atomic E-state index is 0.0169. The highest BCUT2D eigenvalue weighted by molar-refractivity contribution is 5.92. The zero-order valence-electron chi connectivity index (χ0n) is 24.8. The highest BCUT2D eigenvalue weighted by atomic mass is 19.1. The Hall–Kier alpha value is -5.28. The molecule has 0 saturated carbocycles. The lowest BCUT2D eigenvalue weighted by molar-refractivity contribution is 0.0697. The minimum Gasteiger partial charge on any atom is -0.484 e. The van der Waals surface area contributed by atoms with E-state index in [9.17, 15) is 14.3 Å². The third-order valence-corrected chi connectivity index (χ3v) is 7.90. The normalized spacial score (nSPS) is 14.0. The predicted molar refractivity (Wildman–Crippen MR) is 162 cm³/mol. The van der Waals surface area contributed by atoms with Crippen LogP contribution in [0.3, 0.4) is 0 Å². The zero-order valence-corrected chi connectivity index (χ0v) is 24.8. The molecule has 1 aliphatic heterocycles. The molecule has 1 N–H and O–H groups in total. The van der Waals surface area contributed by atoms with Gasteiger partial charge in [-0.1, -0.05) is 6.07 Å². The largest absolute Gasteiger partial charge is 0.484 e. The first-order chi connectivity index (χ1) is 21.9. The Labute approximate surface area is 259 Å². The molecular formula is C33H32FN7O4. The Kier molecular flexibility index (Phi) is 8.70. The molecule has 0 spiro atoms. The van der Waals surface area contributed by atoms with Gasteiger partial charge in [-0.05, 0) is 68.3 Å². The van der Waals surface area contributed by atoms with Gasteiger partial charge in [-0.25, -0.2) is 19.2 Å². The summed E-state index contributed by atoms with van der Waals surface area (Å²) in [4.78, 5) is 23.5. The minimum atomic E-state index is -0.973. The van der Waals surface area contributed by atoms with E-state index >= 15 is 0 Å². The van der Waals surface area contributed by atoms with Gasteiger partial charge in [-0.15, -0.1) is 0 Å². The maximum Gasteiger partial charge on any atom is 0.335 e. The first-order valence-corrected chi connectivity index (χ1v) is 14.8. The first-order valence-electron chi connectivity index (χ1n) is 14.8. The zero-order chi connectivity index (χ0) is 31.3. The fourth-order valence-electron chi connectivity index (χ4n) is 5.54. The van der Waals surface area contributed by atoms with E-state index in [1.54, 1.807) is 36.5 Å². The summed E-state index contributed by atoms with van der Waals surface area (Å²) in [6, 6.07) is 18.4. The molecule has 12 heteroatoms. The van der Waals surface area contributed by atoms with Crippen LogP contribution in [0.5, 0.6) is 11.6 Å².